The monoisotopic (exact) mass is 195 g/mol. The Labute approximate surface area is 81.9 Å². The van der Waals surface area contributed by atoms with Crippen LogP contribution < -0.4 is 21.8 Å². The van der Waals surface area contributed by atoms with Gasteiger partial charge in [-0.2, -0.15) is 0 Å². The van der Waals surface area contributed by atoms with E-state index in [1.165, 1.54) is 7.11 Å². The first kappa shape index (κ1) is 10.3. The van der Waals surface area contributed by atoms with E-state index in [4.69, 9.17) is 16.3 Å². The molecule has 0 bridgehead atoms. The molecule has 6 nitrogen and oxygen atoms in total. The summed E-state index contributed by atoms with van der Waals surface area (Å²) < 4.78 is 4.96. The van der Waals surface area contributed by atoms with Gasteiger partial charge in [0.15, 0.2) is 5.84 Å². The van der Waals surface area contributed by atoms with E-state index in [-0.39, 0.29) is 5.84 Å². The molecule has 0 unspecified atom stereocenters. The van der Waals surface area contributed by atoms with E-state index in [1.807, 2.05) is 13.0 Å². The lowest BCUT2D eigenvalue weighted by atomic mass is 10.2. The number of ether oxygens (including phenoxy) is 1. The van der Waals surface area contributed by atoms with Crippen LogP contribution in [0.25, 0.3) is 0 Å². The minimum Gasteiger partial charge on any atom is -0.481 e. The molecule has 0 aliphatic heterocycles. The molecule has 1 aromatic heterocycles. The summed E-state index contributed by atoms with van der Waals surface area (Å²) in [6.45, 7) is 1.88. The molecule has 1 aromatic rings. The topological polar surface area (TPSA) is 98.5 Å². The molecule has 0 spiro atoms. The van der Waals surface area contributed by atoms with Gasteiger partial charge in [0.05, 0.1) is 7.11 Å². The molecular formula is C8H13N5O. The predicted molar refractivity (Wildman–Crippen MR) is 53.6 cm³/mol. The first-order chi connectivity index (χ1) is 6.69. The normalized spacial score (nSPS) is 11.2. The molecule has 1 heterocycles. The number of hydrazone groups is 1. The van der Waals surface area contributed by atoms with Crippen LogP contribution in [-0.4, -0.2) is 17.9 Å². The zero-order valence-electron chi connectivity index (χ0n) is 8.11. The highest BCUT2D eigenvalue weighted by atomic mass is 16.5. The Bertz CT molecular complexity index is 350. The summed E-state index contributed by atoms with van der Waals surface area (Å²) >= 11 is 0. The Morgan fingerprint density at radius 3 is 2.86 bits per heavy atom. The number of nitrogens with two attached hydrogens (primary N) is 2. The van der Waals surface area contributed by atoms with Crippen LogP contribution in [0.15, 0.2) is 17.2 Å². The number of aromatic nitrogens is 1. The van der Waals surface area contributed by atoms with Crippen molar-refractivity contribution in [3.8, 4) is 5.88 Å². The second kappa shape index (κ2) is 4.43. The van der Waals surface area contributed by atoms with E-state index in [1.54, 1.807) is 6.07 Å². The summed E-state index contributed by atoms with van der Waals surface area (Å²) in [5, 5.41) is 3.64. The molecule has 0 saturated heterocycles. The molecular weight excluding hydrogens is 182 g/mol. The van der Waals surface area contributed by atoms with Gasteiger partial charge < -0.3 is 10.5 Å². The summed E-state index contributed by atoms with van der Waals surface area (Å²) in [5.41, 5.74) is 9.19. The number of nitrogens with zero attached hydrogens (tertiary/aromatic N) is 2. The van der Waals surface area contributed by atoms with Gasteiger partial charge in [0, 0.05) is 6.07 Å². The zero-order valence-corrected chi connectivity index (χ0v) is 8.11. The van der Waals surface area contributed by atoms with E-state index in [9.17, 15) is 0 Å². The highest BCUT2D eigenvalue weighted by Crippen LogP contribution is 2.11. The molecule has 0 aliphatic carbocycles. The van der Waals surface area contributed by atoms with E-state index in [0.29, 0.717) is 11.6 Å². The van der Waals surface area contributed by atoms with Crippen molar-refractivity contribution in [3.05, 3.63) is 23.4 Å². The SMILES string of the molecule is COc1ccc(C)c(/C(N)=N/NN)n1. The third-order valence-electron chi connectivity index (χ3n) is 1.71. The van der Waals surface area contributed by atoms with E-state index >= 15 is 0 Å². The Balaban J connectivity index is 3.12. The van der Waals surface area contributed by atoms with Gasteiger partial charge in [-0.05, 0) is 12.5 Å². The van der Waals surface area contributed by atoms with Crippen molar-refractivity contribution in [1.29, 1.82) is 0 Å². The maximum absolute atomic E-state index is 5.62. The summed E-state index contributed by atoms with van der Waals surface area (Å²) in [6.07, 6.45) is 0. The minimum atomic E-state index is 0.226. The maximum atomic E-state index is 5.62. The Morgan fingerprint density at radius 2 is 2.29 bits per heavy atom. The van der Waals surface area contributed by atoms with E-state index in [0.717, 1.165) is 5.56 Å². The van der Waals surface area contributed by atoms with Gasteiger partial charge >= 0.3 is 0 Å². The van der Waals surface area contributed by atoms with Gasteiger partial charge in [-0.3, -0.25) is 0 Å². The fraction of sp³-hybridized carbons (Fsp3) is 0.250. The molecule has 0 fully saturated rings. The van der Waals surface area contributed by atoms with Crippen LogP contribution in [0.1, 0.15) is 11.3 Å². The third-order valence-corrected chi connectivity index (χ3v) is 1.71. The zero-order chi connectivity index (χ0) is 10.6. The van der Waals surface area contributed by atoms with Gasteiger partial charge in [-0.25, -0.2) is 16.4 Å². The smallest absolute Gasteiger partial charge is 0.213 e. The van der Waals surface area contributed by atoms with Crippen molar-refractivity contribution in [2.45, 2.75) is 6.92 Å². The number of aryl methyl sites for hydroxylation is 1. The quantitative estimate of drug-likeness (QED) is 0.261. The molecule has 6 heteroatoms. The number of methoxy groups -OCH3 is 1. The Hall–Kier alpha value is -1.82. The van der Waals surface area contributed by atoms with Gasteiger partial charge in [-0.1, -0.05) is 6.07 Å². The minimum absolute atomic E-state index is 0.226. The highest BCUT2D eigenvalue weighted by Gasteiger charge is 2.06. The van der Waals surface area contributed by atoms with Crippen molar-refractivity contribution < 1.29 is 4.74 Å². The number of nitrogens with one attached hydrogen (secondary N) is 1. The van der Waals surface area contributed by atoms with Crippen molar-refractivity contribution in [3.63, 3.8) is 0 Å². The summed E-state index contributed by atoms with van der Waals surface area (Å²) in [5.74, 6) is 5.72. The second-order valence-corrected chi connectivity index (χ2v) is 2.65. The summed E-state index contributed by atoms with van der Waals surface area (Å²) in [6, 6.07) is 3.60. The van der Waals surface area contributed by atoms with Crippen LogP contribution in [-0.2, 0) is 0 Å². The van der Waals surface area contributed by atoms with Crippen molar-refractivity contribution in [2.75, 3.05) is 7.11 Å². The molecule has 0 saturated carbocycles. The Morgan fingerprint density at radius 1 is 1.57 bits per heavy atom. The van der Waals surface area contributed by atoms with Crippen LogP contribution >= 0.6 is 0 Å². The molecule has 0 amide bonds. The van der Waals surface area contributed by atoms with Gasteiger partial charge in [0.1, 0.15) is 5.69 Å². The molecule has 0 radical (unpaired) electrons. The second-order valence-electron chi connectivity index (χ2n) is 2.65. The van der Waals surface area contributed by atoms with Crippen LogP contribution in [0, 0.1) is 6.92 Å². The average molecular weight is 195 g/mol. The third kappa shape index (κ3) is 2.11. The van der Waals surface area contributed by atoms with Crippen LogP contribution in [0.3, 0.4) is 0 Å². The Kier molecular flexibility index (Phi) is 3.24. The first-order valence-corrected chi connectivity index (χ1v) is 3.99. The number of amidine groups is 1. The van der Waals surface area contributed by atoms with Gasteiger partial charge in [-0.15, -0.1) is 5.10 Å². The standard InChI is InChI=1S/C8H13N5O/c1-5-3-4-6(14-2)11-7(5)8(9)12-13-10/h3-4,13H,10H2,1-2H3,(H2,9,12). The summed E-state index contributed by atoms with van der Waals surface area (Å²) in [7, 11) is 1.54. The lowest BCUT2D eigenvalue weighted by Gasteiger charge is -2.05. The van der Waals surface area contributed by atoms with Crippen molar-refractivity contribution in [2.24, 2.45) is 16.7 Å². The molecule has 5 N–H and O–H groups in total. The fourth-order valence-corrected chi connectivity index (χ4v) is 1.01. The van der Waals surface area contributed by atoms with E-state index < -0.39 is 0 Å². The van der Waals surface area contributed by atoms with Gasteiger partial charge in [0.25, 0.3) is 0 Å². The number of rotatable bonds is 3. The molecule has 14 heavy (non-hydrogen) atoms. The van der Waals surface area contributed by atoms with Crippen molar-refractivity contribution >= 4 is 5.84 Å². The van der Waals surface area contributed by atoms with Gasteiger partial charge in [0.2, 0.25) is 5.88 Å². The fourth-order valence-electron chi connectivity index (χ4n) is 1.01. The summed E-state index contributed by atoms with van der Waals surface area (Å²) in [4.78, 5) is 4.14. The van der Waals surface area contributed by atoms with Crippen molar-refractivity contribution in [1.82, 2.24) is 10.5 Å². The molecule has 0 aromatic carbocycles. The number of hydrogen-bond acceptors (Lipinski definition) is 5. The number of hydrazine groups is 1. The molecule has 1 rings (SSSR count). The van der Waals surface area contributed by atoms with Crippen LogP contribution in [0.4, 0.5) is 0 Å². The average Bonchev–Trinajstić information content (AvgIpc) is 2.19. The van der Waals surface area contributed by atoms with Crippen LogP contribution in [0.2, 0.25) is 0 Å². The lowest BCUT2D eigenvalue weighted by Crippen LogP contribution is -2.24. The molecule has 0 atom stereocenters. The molecule has 0 aliphatic rings. The highest BCUT2D eigenvalue weighted by molar-refractivity contribution is 5.96. The van der Waals surface area contributed by atoms with Crippen LogP contribution in [0.5, 0.6) is 5.88 Å². The molecule has 76 valence electrons. The van der Waals surface area contributed by atoms with E-state index in [2.05, 4.69) is 15.6 Å². The first-order valence-electron chi connectivity index (χ1n) is 3.99. The number of pyridine rings is 1. The largest absolute Gasteiger partial charge is 0.481 e. The lowest BCUT2D eigenvalue weighted by molar-refractivity contribution is 0.397. The predicted octanol–water partition coefficient (Wildman–Crippen LogP) is -0.518. The number of hydrogen-bond donors (Lipinski definition) is 3. The maximum Gasteiger partial charge on any atom is 0.213 e.